The van der Waals surface area contributed by atoms with Crippen LogP contribution in [0.4, 0.5) is 34.4 Å². The highest BCUT2D eigenvalue weighted by atomic mass is 32.2. The molecular weight excluding hydrogens is 735 g/mol. The molecule has 1 aliphatic heterocycles. The fourth-order valence-corrected chi connectivity index (χ4v) is 8.78. The molecule has 0 spiro atoms. The highest BCUT2D eigenvalue weighted by Crippen LogP contribution is 2.47. The maximum absolute atomic E-state index is 14.8. The first-order valence-electron chi connectivity index (χ1n) is 18.8. The van der Waals surface area contributed by atoms with E-state index in [1.54, 1.807) is 12.5 Å². The van der Waals surface area contributed by atoms with Crippen LogP contribution in [0.5, 0.6) is 0 Å². The second kappa shape index (κ2) is 15.1. The normalized spacial score (nSPS) is 12.7. The van der Waals surface area contributed by atoms with Crippen molar-refractivity contribution in [1.29, 1.82) is 0 Å². The minimum absolute atomic E-state index is 0.365. The number of nitrogens with zero attached hydrogens (tertiary/aromatic N) is 7. The summed E-state index contributed by atoms with van der Waals surface area (Å²) in [5.41, 5.74) is 9.41. The maximum Gasteiger partial charge on any atom is 0.238 e. The van der Waals surface area contributed by atoms with Gasteiger partial charge in [-0.25, -0.2) is 19.2 Å². The van der Waals surface area contributed by atoms with Crippen LogP contribution in [-0.4, -0.2) is 29.1 Å². The average Bonchev–Trinajstić information content (AvgIpc) is 3.58. The van der Waals surface area contributed by atoms with E-state index in [9.17, 15) is 4.21 Å². The Kier molecular flexibility index (Phi) is 9.09. The summed E-state index contributed by atoms with van der Waals surface area (Å²) in [6.07, 6.45) is 3.32. The number of hydrogen-bond donors (Lipinski definition) is 0. The van der Waals surface area contributed by atoms with Crippen molar-refractivity contribution in [2.24, 2.45) is 0 Å². The molecule has 0 amide bonds. The molecule has 1 aliphatic rings. The zero-order valence-corrected chi connectivity index (χ0v) is 31.8. The Balaban J connectivity index is 1.14. The molecule has 0 saturated heterocycles. The van der Waals surface area contributed by atoms with E-state index in [0.29, 0.717) is 39.6 Å². The summed E-state index contributed by atoms with van der Waals surface area (Å²) in [4.78, 5) is 30.1. The molecule has 58 heavy (non-hydrogen) atoms. The van der Waals surface area contributed by atoms with Gasteiger partial charge in [0, 0.05) is 33.8 Å². The SMILES string of the molecule is O=S1c2cc(N(c3ccccc3)c3ccccc3)ccc2-c2ccc(N(c3nc(-c4ccccc4)nc(-c4ccccc4)n3)c3cncnc3-c3ccccc3)cc21. The molecule has 8 nitrogen and oxygen atoms in total. The molecule has 0 aliphatic carbocycles. The molecule has 0 fully saturated rings. The molecule has 0 saturated carbocycles. The number of hydrogen-bond acceptors (Lipinski definition) is 8. The van der Waals surface area contributed by atoms with Crippen molar-refractivity contribution in [2.75, 3.05) is 9.80 Å². The van der Waals surface area contributed by atoms with Crippen LogP contribution in [0.1, 0.15) is 0 Å². The molecule has 2 aromatic heterocycles. The summed E-state index contributed by atoms with van der Waals surface area (Å²) < 4.78 is 14.8. The third-order valence-corrected chi connectivity index (χ3v) is 11.5. The van der Waals surface area contributed by atoms with E-state index in [1.807, 2.05) is 157 Å². The monoisotopic (exact) mass is 767 g/mol. The molecule has 276 valence electrons. The zero-order valence-electron chi connectivity index (χ0n) is 31.0. The molecule has 0 radical (unpaired) electrons. The van der Waals surface area contributed by atoms with E-state index >= 15 is 0 Å². The van der Waals surface area contributed by atoms with Crippen molar-refractivity contribution in [1.82, 2.24) is 24.9 Å². The van der Waals surface area contributed by atoms with E-state index in [1.165, 1.54) is 0 Å². The minimum Gasteiger partial charge on any atom is -0.310 e. The van der Waals surface area contributed by atoms with E-state index in [0.717, 1.165) is 49.8 Å². The lowest BCUT2D eigenvalue weighted by Crippen LogP contribution is -2.17. The first-order chi connectivity index (χ1) is 28.7. The van der Waals surface area contributed by atoms with E-state index < -0.39 is 10.8 Å². The summed E-state index contributed by atoms with van der Waals surface area (Å²) in [7, 11) is -1.50. The Labute approximate surface area is 338 Å². The molecule has 9 heteroatoms. The lowest BCUT2D eigenvalue weighted by molar-refractivity contribution is 0.685. The molecular formula is C49H33N7OS. The highest BCUT2D eigenvalue weighted by molar-refractivity contribution is 7.85. The van der Waals surface area contributed by atoms with Crippen LogP contribution in [0.3, 0.4) is 0 Å². The third kappa shape index (κ3) is 6.49. The molecule has 10 rings (SSSR count). The number of benzene rings is 7. The molecule has 0 N–H and O–H groups in total. The zero-order chi connectivity index (χ0) is 38.8. The van der Waals surface area contributed by atoms with Crippen LogP contribution in [-0.2, 0) is 10.8 Å². The van der Waals surface area contributed by atoms with Crippen LogP contribution in [0, 0.1) is 0 Å². The first kappa shape index (κ1) is 34.8. The molecule has 1 unspecified atom stereocenters. The maximum atomic E-state index is 14.8. The Morgan fingerprint density at radius 3 is 1.38 bits per heavy atom. The van der Waals surface area contributed by atoms with Gasteiger partial charge in [-0.2, -0.15) is 9.97 Å². The van der Waals surface area contributed by atoms with Gasteiger partial charge in [-0.15, -0.1) is 0 Å². The fourth-order valence-electron chi connectivity index (χ4n) is 7.34. The third-order valence-electron chi connectivity index (χ3n) is 10.0. The Morgan fingerprint density at radius 1 is 0.431 bits per heavy atom. The van der Waals surface area contributed by atoms with Gasteiger partial charge in [0.2, 0.25) is 5.95 Å². The quantitative estimate of drug-likeness (QED) is 0.143. The van der Waals surface area contributed by atoms with Gasteiger partial charge in [0.1, 0.15) is 6.33 Å². The predicted molar refractivity (Wildman–Crippen MR) is 231 cm³/mol. The van der Waals surface area contributed by atoms with Gasteiger partial charge >= 0.3 is 0 Å². The second-order valence-electron chi connectivity index (χ2n) is 13.6. The van der Waals surface area contributed by atoms with Crippen LogP contribution in [0.2, 0.25) is 0 Å². The van der Waals surface area contributed by atoms with Crippen molar-refractivity contribution >= 4 is 45.2 Å². The Hall–Kier alpha value is -7.62. The lowest BCUT2D eigenvalue weighted by Gasteiger charge is -2.25. The number of rotatable bonds is 9. The van der Waals surface area contributed by atoms with Crippen molar-refractivity contribution in [3.8, 4) is 45.2 Å². The van der Waals surface area contributed by atoms with Crippen LogP contribution in [0.25, 0.3) is 45.2 Å². The summed E-state index contributed by atoms with van der Waals surface area (Å²) in [5, 5.41) is 0. The van der Waals surface area contributed by atoms with Crippen LogP contribution < -0.4 is 9.80 Å². The standard InChI is InChI=1S/C49H33N7OS/c57-58-44-30-39(55(37-22-12-4-13-23-37)38-24-14-5-15-25-38)26-28-41(44)42-29-27-40(31-45(42)58)56(43-32-50-33-51-46(43)34-16-6-1-7-17-34)49-53-47(35-18-8-2-9-19-35)52-48(54-49)36-20-10-3-11-21-36/h1-33H. The van der Waals surface area contributed by atoms with Gasteiger partial charge in [0.05, 0.1) is 43.9 Å². The predicted octanol–water partition coefficient (Wildman–Crippen LogP) is 11.7. The van der Waals surface area contributed by atoms with E-state index in [4.69, 9.17) is 19.9 Å². The number of aromatic nitrogens is 5. The number of anilines is 6. The summed E-state index contributed by atoms with van der Waals surface area (Å²) in [6, 6.07) is 62.4. The van der Waals surface area contributed by atoms with Crippen molar-refractivity contribution < 1.29 is 4.21 Å². The smallest absolute Gasteiger partial charge is 0.238 e. The number of fused-ring (bicyclic) bond motifs is 3. The van der Waals surface area contributed by atoms with Gasteiger partial charge in [0.25, 0.3) is 0 Å². The van der Waals surface area contributed by atoms with Crippen molar-refractivity contribution in [3.05, 3.63) is 201 Å². The average molecular weight is 768 g/mol. The van der Waals surface area contributed by atoms with Gasteiger partial charge in [0.15, 0.2) is 11.6 Å². The van der Waals surface area contributed by atoms with Crippen molar-refractivity contribution in [2.45, 2.75) is 9.79 Å². The Bertz CT molecular complexity index is 2820. The summed E-state index contributed by atoms with van der Waals surface area (Å²) in [6.45, 7) is 0. The van der Waals surface area contributed by atoms with Gasteiger partial charge in [-0.3, -0.25) is 4.90 Å². The first-order valence-corrected chi connectivity index (χ1v) is 20.0. The minimum atomic E-state index is -1.50. The van der Waals surface area contributed by atoms with Crippen LogP contribution >= 0.6 is 0 Å². The van der Waals surface area contributed by atoms with Crippen molar-refractivity contribution in [3.63, 3.8) is 0 Å². The Morgan fingerprint density at radius 2 is 0.879 bits per heavy atom. The fraction of sp³-hybridized carbons (Fsp3) is 0. The van der Waals surface area contributed by atoms with E-state index in [-0.39, 0.29) is 0 Å². The number of para-hydroxylation sites is 2. The van der Waals surface area contributed by atoms with Crippen LogP contribution in [0.15, 0.2) is 210 Å². The largest absolute Gasteiger partial charge is 0.310 e. The molecule has 9 aromatic rings. The molecule has 0 bridgehead atoms. The summed E-state index contributed by atoms with van der Waals surface area (Å²) in [5.74, 6) is 1.39. The van der Waals surface area contributed by atoms with Gasteiger partial charge < -0.3 is 4.90 Å². The molecule has 3 heterocycles. The molecule has 1 atom stereocenters. The van der Waals surface area contributed by atoms with Gasteiger partial charge in [-0.05, 0) is 59.7 Å². The van der Waals surface area contributed by atoms with E-state index in [2.05, 4.69) is 46.3 Å². The molecule has 7 aromatic carbocycles. The topological polar surface area (TPSA) is 88.0 Å². The lowest BCUT2D eigenvalue weighted by atomic mass is 10.0. The highest BCUT2D eigenvalue weighted by Gasteiger charge is 2.30. The summed E-state index contributed by atoms with van der Waals surface area (Å²) >= 11 is 0. The second-order valence-corrected chi connectivity index (χ2v) is 15.0. The van der Waals surface area contributed by atoms with Gasteiger partial charge in [-0.1, -0.05) is 140 Å².